The molecule has 1 saturated heterocycles. The molecule has 5 heteroatoms. The number of amides is 1. The van der Waals surface area contributed by atoms with Crippen molar-refractivity contribution in [2.45, 2.75) is 26.2 Å². The molecule has 0 unspecified atom stereocenters. The van der Waals surface area contributed by atoms with E-state index in [2.05, 4.69) is 12.2 Å². The lowest BCUT2D eigenvalue weighted by Gasteiger charge is -2.26. The van der Waals surface area contributed by atoms with E-state index in [9.17, 15) is 9.90 Å². The summed E-state index contributed by atoms with van der Waals surface area (Å²) in [6, 6.07) is 5.31. The number of para-hydroxylation sites is 1. The number of aryl methyl sites for hydroxylation is 1. The van der Waals surface area contributed by atoms with Crippen molar-refractivity contribution in [2.24, 2.45) is 0 Å². The largest absolute Gasteiger partial charge is 0.504 e. The van der Waals surface area contributed by atoms with Gasteiger partial charge in [-0.15, -0.1) is 0 Å². The number of ether oxygens (including phenoxy) is 1. The molecule has 0 atom stereocenters. The number of unbranched alkanes of at least 4 members (excludes halogenated alkanes) is 1. The van der Waals surface area contributed by atoms with Gasteiger partial charge in [0.1, 0.15) is 0 Å². The number of nitrogens with zero attached hydrogens (tertiary/aromatic N) is 1. The summed E-state index contributed by atoms with van der Waals surface area (Å²) in [7, 11) is 0. The van der Waals surface area contributed by atoms with Crippen LogP contribution in [0.25, 0.3) is 0 Å². The van der Waals surface area contributed by atoms with Gasteiger partial charge in [0.25, 0.3) is 0 Å². The van der Waals surface area contributed by atoms with Crippen LogP contribution in [-0.2, 0) is 6.42 Å². The van der Waals surface area contributed by atoms with E-state index in [1.165, 1.54) is 0 Å². The lowest BCUT2D eigenvalue weighted by Crippen LogP contribution is -2.47. The van der Waals surface area contributed by atoms with Crippen molar-refractivity contribution in [2.75, 3.05) is 26.2 Å². The molecule has 1 aliphatic rings. The Morgan fingerprint density at radius 2 is 2.15 bits per heavy atom. The zero-order chi connectivity index (χ0) is 14.4. The molecule has 0 saturated carbocycles. The molecule has 1 aromatic rings. The van der Waals surface area contributed by atoms with Crippen molar-refractivity contribution >= 4 is 6.09 Å². The monoisotopic (exact) mass is 278 g/mol. The van der Waals surface area contributed by atoms with Gasteiger partial charge in [0.2, 0.25) is 0 Å². The van der Waals surface area contributed by atoms with Crippen LogP contribution in [0.4, 0.5) is 4.79 Å². The molecule has 0 bridgehead atoms. The number of phenolic OH excluding ortho intramolecular Hbond substituents is 1. The molecule has 1 amide bonds. The molecule has 1 aromatic carbocycles. The van der Waals surface area contributed by atoms with Gasteiger partial charge in [-0.05, 0) is 24.5 Å². The fraction of sp³-hybridized carbons (Fsp3) is 0.533. The maximum Gasteiger partial charge on any atom is 0.415 e. The van der Waals surface area contributed by atoms with Crippen LogP contribution in [-0.4, -0.2) is 42.3 Å². The summed E-state index contributed by atoms with van der Waals surface area (Å²) < 4.78 is 5.31. The standard InChI is InChI=1S/C15H22N2O3/c1-2-3-5-12-6-4-7-13(14(12)18)20-15(19)17-10-8-16-9-11-17/h4,6-7,16,18H,2-3,5,8-11H2,1H3. The van der Waals surface area contributed by atoms with Crippen LogP contribution in [0.1, 0.15) is 25.3 Å². The number of aromatic hydroxyl groups is 1. The van der Waals surface area contributed by atoms with E-state index >= 15 is 0 Å². The molecule has 2 N–H and O–H groups in total. The van der Waals surface area contributed by atoms with Crippen LogP contribution in [0, 0.1) is 0 Å². The van der Waals surface area contributed by atoms with Crippen molar-refractivity contribution < 1.29 is 14.6 Å². The average Bonchev–Trinajstić information content (AvgIpc) is 2.49. The first-order valence-corrected chi connectivity index (χ1v) is 7.20. The highest BCUT2D eigenvalue weighted by molar-refractivity contribution is 5.72. The number of hydrogen-bond acceptors (Lipinski definition) is 4. The van der Waals surface area contributed by atoms with Gasteiger partial charge in [0.05, 0.1) is 0 Å². The third-order valence-corrected chi connectivity index (χ3v) is 3.45. The number of phenols is 1. The van der Waals surface area contributed by atoms with E-state index < -0.39 is 6.09 Å². The predicted molar refractivity (Wildman–Crippen MR) is 77.2 cm³/mol. The lowest BCUT2D eigenvalue weighted by molar-refractivity contribution is 0.144. The summed E-state index contributed by atoms with van der Waals surface area (Å²) in [5.41, 5.74) is 0.831. The van der Waals surface area contributed by atoms with Crippen LogP contribution in [0.15, 0.2) is 18.2 Å². The molecule has 1 fully saturated rings. The van der Waals surface area contributed by atoms with Gasteiger partial charge in [-0.25, -0.2) is 4.79 Å². The molecule has 0 aromatic heterocycles. The lowest BCUT2D eigenvalue weighted by atomic mass is 10.1. The van der Waals surface area contributed by atoms with Gasteiger partial charge in [0, 0.05) is 26.2 Å². The Kier molecular flexibility index (Phi) is 5.24. The Balaban J connectivity index is 2.02. The zero-order valence-corrected chi connectivity index (χ0v) is 11.9. The maximum absolute atomic E-state index is 12.0. The Labute approximate surface area is 119 Å². The third-order valence-electron chi connectivity index (χ3n) is 3.45. The van der Waals surface area contributed by atoms with Crippen molar-refractivity contribution in [1.29, 1.82) is 0 Å². The fourth-order valence-corrected chi connectivity index (χ4v) is 2.23. The number of piperazine rings is 1. The van der Waals surface area contributed by atoms with Crippen LogP contribution >= 0.6 is 0 Å². The molecule has 0 radical (unpaired) electrons. The Morgan fingerprint density at radius 1 is 1.40 bits per heavy atom. The Bertz CT molecular complexity index is 456. The van der Waals surface area contributed by atoms with Gasteiger partial charge in [-0.1, -0.05) is 25.5 Å². The van der Waals surface area contributed by atoms with Gasteiger partial charge < -0.3 is 20.1 Å². The van der Waals surface area contributed by atoms with Crippen molar-refractivity contribution in [3.8, 4) is 11.5 Å². The van der Waals surface area contributed by atoms with Gasteiger partial charge >= 0.3 is 6.09 Å². The Morgan fingerprint density at radius 3 is 2.85 bits per heavy atom. The van der Waals surface area contributed by atoms with Gasteiger partial charge in [-0.3, -0.25) is 0 Å². The summed E-state index contributed by atoms with van der Waals surface area (Å²) in [6.07, 6.45) is 2.46. The van der Waals surface area contributed by atoms with E-state index in [1.54, 1.807) is 11.0 Å². The Hall–Kier alpha value is -1.75. The highest BCUT2D eigenvalue weighted by Gasteiger charge is 2.20. The number of hydrogen-bond donors (Lipinski definition) is 2. The minimum Gasteiger partial charge on any atom is -0.504 e. The van der Waals surface area contributed by atoms with E-state index in [-0.39, 0.29) is 11.5 Å². The second kappa shape index (κ2) is 7.14. The van der Waals surface area contributed by atoms with Gasteiger partial charge in [0.15, 0.2) is 11.5 Å². The number of nitrogens with one attached hydrogen (secondary N) is 1. The van der Waals surface area contributed by atoms with Gasteiger partial charge in [-0.2, -0.15) is 0 Å². The van der Waals surface area contributed by atoms with E-state index in [4.69, 9.17) is 4.74 Å². The number of carbonyl (C=O) groups excluding carboxylic acids is 1. The maximum atomic E-state index is 12.0. The van der Waals surface area contributed by atoms with Crippen LogP contribution in [0.5, 0.6) is 11.5 Å². The topological polar surface area (TPSA) is 61.8 Å². The number of rotatable bonds is 4. The molecule has 1 aliphatic heterocycles. The summed E-state index contributed by atoms with van der Waals surface area (Å²) in [5.74, 6) is 0.339. The van der Waals surface area contributed by atoms with Crippen molar-refractivity contribution in [3.63, 3.8) is 0 Å². The second-order valence-electron chi connectivity index (χ2n) is 4.97. The molecular formula is C15H22N2O3. The highest BCUT2D eigenvalue weighted by atomic mass is 16.6. The van der Waals surface area contributed by atoms with Crippen LogP contribution in [0.3, 0.4) is 0 Å². The summed E-state index contributed by atoms with van der Waals surface area (Å²) in [6.45, 7) is 4.92. The minimum atomic E-state index is -0.394. The first-order chi connectivity index (χ1) is 9.72. The van der Waals surface area contributed by atoms with Crippen LogP contribution < -0.4 is 10.1 Å². The SMILES string of the molecule is CCCCc1cccc(OC(=O)N2CCNCC2)c1O. The average molecular weight is 278 g/mol. The molecular weight excluding hydrogens is 256 g/mol. The molecule has 20 heavy (non-hydrogen) atoms. The normalized spacial score (nSPS) is 15.2. The van der Waals surface area contributed by atoms with Crippen LogP contribution in [0.2, 0.25) is 0 Å². The molecule has 2 rings (SSSR count). The molecule has 5 nitrogen and oxygen atoms in total. The van der Waals surface area contributed by atoms with E-state index in [0.717, 1.165) is 37.9 Å². The van der Waals surface area contributed by atoms with Crippen molar-refractivity contribution in [1.82, 2.24) is 10.2 Å². The summed E-state index contributed by atoms with van der Waals surface area (Å²) >= 11 is 0. The van der Waals surface area contributed by atoms with Crippen molar-refractivity contribution in [3.05, 3.63) is 23.8 Å². The number of benzene rings is 1. The van der Waals surface area contributed by atoms with E-state index in [0.29, 0.717) is 13.1 Å². The smallest absolute Gasteiger partial charge is 0.415 e. The molecule has 110 valence electrons. The first kappa shape index (κ1) is 14.7. The number of carbonyl (C=O) groups is 1. The predicted octanol–water partition coefficient (Wildman–Crippen LogP) is 2.14. The highest BCUT2D eigenvalue weighted by Crippen LogP contribution is 2.31. The second-order valence-corrected chi connectivity index (χ2v) is 4.97. The van der Waals surface area contributed by atoms with E-state index in [1.807, 2.05) is 12.1 Å². The minimum absolute atomic E-state index is 0.0874. The first-order valence-electron chi connectivity index (χ1n) is 7.20. The zero-order valence-electron chi connectivity index (χ0n) is 11.9. The molecule has 1 heterocycles. The molecule has 0 spiro atoms. The summed E-state index contributed by atoms with van der Waals surface area (Å²) in [4.78, 5) is 13.7. The summed E-state index contributed by atoms with van der Waals surface area (Å²) in [5, 5.41) is 13.3. The fourth-order valence-electron chi connectivity index (χ4n) is 2.23. The quantitative estimate of drug-likeness (QED) is 0.886. The molecule has 0 aliphatic carbocycles. The third kappa shape index (κ3) is 3.63.